The Bertz CT molecular complexity index is 3810. The van der Waals surface area contributed by atoms with Gasteiger partial charge < -0.3 is 16.0 Å². The second-order valence-corrected chi connectivity index (χ2v) is 18.8. The first-order valence-corrected chi connectivity index (χ1v) is 24.0. The van der Waals surface area contributed by atoms with Gasteiger partial charge in [-0.25, -0.2) is 0 Å². The molecule has 1 aliphatic rings. The SMILES string of the molecule is CC(=O)c1ccc2cc(C(=O)Nc3ccc(-c4ccc(NC(=O)c5ccc6cc(C(=O)Nc7ccc(C8(c9ccc(C)cc9)c9ccccc9-c9ccccc98)cc7)ccc6c5)cc4C)c(C)c3)ccc2c1. The molecule has 7 heteroatoms. The fourth-order valence-electron chi connectivity index (χ4n) is 10.5. The Morgan fingerprint density at radius 2 is 0.708 bits per heavy atom. The van der Waals surface area contributed by atoms with Crippen LogP contribution in [0.2, 0.25) is 0 Å². The molecule has 1 aliphatic carbocycles. The Balaban J connectivity index is 0.752. The summed E-state index contributed by atoms with van der Waals surface area (Å²) >= 11 is 0. The van der Waals surface area contributed by atoms with Crippen LogP contribution in [0.4, 0.5) is 17.1 Å². The van der Waals surface area contributed by atoms with E-state index in [1.54, 1.807) is 24.3 Å². The van der Waals surface area contributed by atoms with E-state index in [-0.39, 0.29) is 23.5 Å². The Morgan fingerprint density at radius 1 is 0.347 bits per heavy atom. The zero-order valence-corrected chi connectivity index (χ0v) is 40.3. The van der Waals surface area contributed by atoms with E-state index in [9.17, 15) is 19.2 Å². The fraction of sp³-hybridized carbons (Fsp3) is 0.0769. The number of carbonyl (C=O) groups excluding carboxylic acids is 4. The van der Waals surface area contributed by atoms with Gasteiger partial charge in [0.05, 0.1) is 5.41 Å². The molecular formula is C65H49N3O4. The van der Waals surface area contributed by atoms with Crippen molar-refractivity contribution in [3.63, 3.8) is 0 Å². The molecule has 0 fully saturated rings. The van der Waals surface area contributed by atoms with Gasteiger partial charge in [0.1, 0.15) is 0 Å². The lowest BCUT2D eigenvalue weighted by Gasteiger charge is -2.34. The van der Waals surface area contributed by atoms with Crippen molar-refractivity contribution in [3.05, 3.63) is 267 Å². The second kappa shape index (κ2) is 18.3. The van der Waals surface area contributed by atoms with Gasteiger partial charge in [-0.2, -0.15) is 0 Å². The van der Waals surface area contributed by atoms with Crippen LogP contribution in [0, 0.1) is 20.8 Å². The van der Waals surface area contributed by atoms with Crippen LogP contribution in [0.3, 0.4) is 0 Å². The van der Waals surface area contributed by atoms with Gasteiger partial charge in [-0.15, -0.1) is 0 Å². The average Bonchev–Trinajstić information content (AvgIpc) is 3.69. The van der Waals surface area contributed by atoms with Crippen LogP contribution >= 0.6 is 0 Å². The monoisotopic (exact) mass is 935 g/mol. The fourth-order valence-corrected chi connectivity index (χ4v) is 10.5. The van der Waals surface area contributed by atoms with Crippen molar-refractivity contribution < 1.29 is 19.2 Å². The van der Waals surface area contributed by atoms with Crippen molar-refractivity contribution >= 4 is 62.1 Å². The van der Waals surface area contributed by atoms with Gasteiger partial charge in [0, 0.05) is 39.3 Å². The van der Waals surface area contributed by atoms with E-state index in [1.165, 1.54) is 40.3 Å². The summed E-state index contributed by atoms with van der Waals surface area (Å²) in [6, 6.07) is 67.9. The number of anilines is 3. The molecule has 7 nitrogen and oxygen atoms in total. The average molecular weight is 936 g/mol. The number of fused-ring (bicyclic) bond motifs is 5. The highest BCUT2D eigenvalue weighted by molar-refractivity contribution is 6.10. The Labute approximate surface area is 418 Å². The molecular weight excluding hydrogens is 887 g/mol. The number of hydrogen-bond donors (Lipinski definition) is 3. The van der Waals surface area contributed by atoms with E-state index < -0.39 is 5.41 Å². The van der Waals surface area contributed by atoms with Gasteiger partial charge in [-0.05, 0) is 184 Å². The Morgan fingerprint density at radius 3 is 1.12 bits per heavy atom. The maximum Gasteiger partial charge on any atom is 0.255 e. The maximum absolute atomic E-state index is 13.7. The second-order valence-electron chi connectivity index (χ2n) is 18.8. The number of benzene rings is 10. The molecule has 10 aromatic rings. The van der Waals surface area contributed by atoms with Gasteiger partial charge in [0.2, 0.25) is 0 Å². The summed E-state index contributed by atoms with van der Waals surface area (Å²) in [5.74, 6) is -0.693. The van der Waals surface area contributed by atoms with E-state index >= 15 is 0 Å². The molecule has 0 unspecified atom stereocenters. The summed E-state index contributed by atoms with van der Waals surface area (Å²) in [6.45, 7) is 7.66. The normalized spacial score (nSPS) is 12.2. The van der Waals surface area contributed by atoms with Gasteiger partial charge in [-0.1, -0.05) is 133 Å². The van der Waals surface area contributed by atoms with Crippen LogP contribution in [-0.2, 0) is 5.41 Å². The number of rotatable bonds is 10. The molecule has 0 aliphatic heterocycles. The van der Waals surface area contributed by atoms with Gasteiger partial charge in [0.25, 0.3) is 17.7 Å². The van der Waals surface area contributed by atoms with Gasteiger partial charge in [0.15, 0.2) is 5.78 Å². The topological polar surface area (TPSA) is 104 Å². The number of amides is 3. The van der Waals surface area contributed by atoms with Crippen LogP contribution < -0.4 is 16.0 Å². The van der Waals surface area contributed by atoms with E-state index in [2.05, 4.69) is 108 Å². The Kier molecular flexibility index (Phi) is 11.5. The van der Waals surface area contributed by atoms with Crippen molar-refractivity contribution in [2.45, 2.75) is 33.1 Å². The first-order chi connectivity index (χ1) is 34.9. The lowest BCUT2D eigenvalue weighted by atomic mass is 9.67. The predicted molar refractivity (Wildman–Crippen MR) is 292 cm³/mol. The molecule has 0 saturated heterocycles. The summed E-state index contributed by atoms with van der Waals surface area (Å²) in [6.07, 6.45) is 0. The van der Waals surface area contributed by atoms with Crippen molar-refractivity contribution in [3.8, 4) is 22.3 Å². The molecule has 11 rings (SSSR count). The third kappa shape index (κ3) is 8.20. The molecule has 0 aromatic heterocycles. The minimum absolute atomic E-state index is 0.00110. The zero-order chi connectivity index (χ0) is 49.7. The molecule has 348 valence electrons. The first kappa shape index (κ1) is 45.3. The maximum atomic E-state index is 13.7. The smallest absolute Gasteiger partial charge is 0.255 e. The lowest BCUT2D eigenvalue weighted by molar-refractivity contribution is 0.101. The Hall–Kier alpha value is -9.20. The van der Waals surface area contributed by atoms with E-state index in [4.69, 9.17) is 0 Å². The zero-order valence-electron chi connectivity index (χ0n) is 40.3. The summed E-state index contributed by atoms with van der Waals surface area (Å²) in [7, 11) is 0. The van der Waals surface area contributed by atoms with Crippen LogP contribution in [0.1, 0.15) is 87.3 Å². The van der Waals surface area contributed by atoms with E-state index in [1.807, 2.05) is 111 Å². The first-order valence-electron chi connectivity index (χ1n) is 24.0. The molecule has 0 heterocycles. The highest BCUT2D eigenvalue weighted by Crippen LogP contribution is 2.56. The van der Waals surface area contributed by atoms with Crippen molar-refractivity contribution in [2.24, 2.45) is 0 Å². The molecule has 0 atom stereocenters. The van der Waals surface area contributed by atoms with Crippen molar-refractivity contribution in [1.82, 2.24) is 0 Å². The number of ketones is 1. The largest absolute Gasteiger partial charge is 0.322 e. The summed E-state index contributed by atoms with van der Waals surface area (Å²) < 4.78 is 0. The van der Waals surface area contributed by atoms with Crippen LogP contribution in [-0.4, -0.2) is 23.5 Å². The van der Waals surface area contributed by atoms with E-state index in [0.29, 0.717) is 39.3 Å². The lowest BCUT2D eigenvalue weighted by Crippen LogP contribution is -2.28. The van der Waals surface area contributed by atoms with Crippen LogP contribution in [0.15, 0.2) is 206 Å². The highest BCUT2D eigenvalue weighted by atomic mass is 16.2. The molecule has 10 aromatic carbocycles. The third-order valence-electron chi connectivity index (χ3n) is 14.1. The molecule has 0 bridgehead atoms. The number of carbonyl (C=O) groups is 4. The van der Waals surface area contributed by atoms with Gasteiger partial charge in [-0.3, -0.25) is 19.2 Å². The molecule has 72 heavy (non-hydrogen) atoms. The van der Waals surface area contributed by atoms with Gasteiger partial charge >= 0.3 is 0 Å². The number of hydrogen-bond acceptors (Lipinski definition) is 4. The minimum atomic E-state index is -0.522. The van der Waals surface area contributed by atoms with Crippen molar-refractivity contribution in [1.29, 1.82) is 0 Å². The number of nitrogens with one attached hydrogen (secondary N) is 3. The summed E-state index contributed by atoms with van der Waals surface area (Å²) in [5, 5.41) is 12.7. The van der Waals surface area contributed by atoms with Crippen molar-refractivity contribution in [2.75, 3.05) is 16.0 Å². The number of Topliss-reactive ketones (excluding diaryl/α,β-unsaturated/α-hetero) is 1. The molecule has 0 spiro atoms. The molecule has 0 radical (unpaired) electrons. The molecule has 3 amide bonds. The predicted octanol–water partition coefficient (Wildman–Crippen LogP) is 14.9. The molecule has 3 N–H and O–H groups in total. The quantitative estimate of drug-likeness (QED) is 0.119. The highest BCUT2D eigenvalue weighted by Gasteiger charge is 2.45. The number of aryl methyl sites for hydroxylation is 3. The summed E-state index contributed by atoms with van der Waals surface area (Å²) in [4.78, 5) is 52.4. The third-order valence-corrected chi connectivity index (χ3v) is 14.1. The summed E-state index contributed by atoms with van der Waals surface area (Å²) in [5.41, 5.74) is 16.1. The van der Waals surface area contributed by atoms with E-state index in [0.717, 1.165) is 49.4 Å². The van der Waals surface area contributed by atoms with Crippen LogP contribution in [0.5, 0.6) is 0 Å². The molecule has 0 saturated carbocycles. The minimum Gasteiger partial charge on any atom is -0.322 e. The standard InChI is InChI=1S/C65H49N3O4/c1-39-13-23-51(24-14-39)65(60-11-7-5-9-58(60)59-10-6-8-12-61(59)65)52-25-27-53(28-26-52)66-62(70)48-21-18-47-38-50(22-19-46(47)37-48)64(72)68-55-30-32-57(41(3)34-55)56-31-29-54(33-40(56)2)67-63(71)49-20-17-44-35-43(42(4)69)15-16-45(44)36-49/h5-38H,1-4H3,(H,66,70)(H,67,71)(H,68,72). The van der Waals surface area contributed by atoms with Crippen LogP contribution in [0.25, 0.3) is 43.8 Å².